The summed E-state index contributed by atoms with van der Waals surface area (Å²) in [7, 11) is 0. The molecule has 6 rings (SSSR count). The van der Waals surface area contributed by atoms with Crippen molar-refractivity contribution in [2.75, 3.05) is 10.2 Å². The fraction of sp³-hybridized carbons (Fsp3) is 0.185. The van der Waals surface area contributed by atoms with Gasteiger partial charge in [-0.15, -0.1) is 0 Å². The van der Waals surface area contributed by atoms with Gasteiger partial charge in [0.2, 0.25) is 5.91 Å². The summed E-state index contributed by atoms with van der Waals surface area (Å²) in [5.41, 5.74) is 1.57. The number of ketones is 2. The summed E-state index contributed by atoms with van der Waals surface area (Å²) in [6.45, 7) is 1.44. The SMILES string of the molecule is CC(=O)[C@@H]1[C@H](C(=O)c2ccncc2)[C@]2(C(=O)Nc3ccccc32)[C@H]2C=Cc3cc(F)ccc3N12. The predicted octanol–water partition coefficient (Wildman–Crippen LogP) is 3.78. The summed E-state index contributed by atoms with van der Waals surface area (Å²) >= 11 is 0. The highest BCUT2D eigenvalue weighted by atomic mass is 19.1. The Bertz CT molecular complexity index is 1400. The number of benzene rings is 2. The average molecular weight is 453 g/mol. The van der Waals surface area contributed by atoms with E-state index in [1.165, 1.54) is 31.5 Å². The number of amides is 1. The number of Topliss-reactive ketones (excluding diaryl/α,β-unsaturated/α-hetero) is 2. The van der Waals surface area contributed by atoms with Gasteiger partial charge in [-0.05, 0) is 48.9 Å². The Labute approximate surface area is 195 Å². The van der Waals surface area contributed by atoms with Crippen LogP contribution in [0.5, 0.6) is 0 Å². The second kappa shape index (κ2) is 7.18. The lowest BCUT2D eigenvalue weighted by Crippen LogP contribution is -2.51. The minimum absolute atomic E-state index is 0.239. The van der Waals surface area contributed by atoms with E-state index in [-0.39, 0.29) is 17.5 Å². The summed E-state index contributed by atoms with van der Waals surface area (Å²) in [5.74, 6) is -2.27. The largest absolute Gasteiger partial charge is 0.352 e. The van der Waals surface area contributed by atoms with Crippen LogP contribution in [0, 0.1) is 11.7 Å². The van der Waals surface area contributed by atoms with Crippen molar-refractivity contribution in [3.63, 3.8) is 0 Å². The fourth-order valence-corrected chi connectivity index (χ4v) is 6.00. The van der Waals surface area contributed by atoms with E-state index in [2.05, 4.69) is 10.3 Å². The molecule has 4 heterocycles. The maximum atomic E-state index is 14.1. The molecule has 0 radical (unpaired) electrons. The van der Waals surface area contributed by atoms with Gasteiger partial charge in [-0.2, -0.15) is 0 Å². The van der Waals surface area contributed by atoms with E-state index in [1.54, 1.807) is 30.3 Å². The molecule has 168 valence electrons. The molecule has 1 aromatic heterocycles. The zero-order valence-electron chi connectivity index (χ0n) is 18.2. The van der Waals surface area contributed by atoms with E-state index < -0.39 is 29.2 Å². The number of para-hydroxylation sites is 1. The molecule has 1 spiro atoms. The first kappa shape index (κ1) is 20.5. The van der Waals surface area contributed by atoms with Crippen LogP contribution in [0.15, 0.2) is 73.1 Å². The topological polar surface area (TPSA) is 79.4 Å². The fourth-order valence-electron chi connectivity index (χ4n) is 6.00. The Hall–Kier alpha value is -4.13. The first-order valence-corrected chi connectivity index (χ1v) is 11.1. The highest BCUT2D eigenvalue weighted by Crippen LogP contribution is 2.57. The van der Waals surface area contributed by atoms with Crippen molar-refractivity contribution >= 4 is 34.9 Å². The van der Waals surface area contributed by atoms with E-state index in [0.717, 1.165) is 0 Å². The van der Waals surface area contributed by atoms with Crippen LogP contribution in [-0.2, 0) is 15.0 Å². The molecular formula is C27H20FN3O3. The van der Waals surface area contributed by atoms with Crippen LogP contribution in [0.25, 0.3) is 6.08 Å². The number of carbonyl (C=O) groups is 3. The Morgan fingerprint density at radius 3 is 2.62 bits per heavy atom. The number of hydrogen-bond donors (Lipinski definition) is 1. The Morgan fingerprint density at radius 1 is 1.09 bits per heavy atom. The molecule has 1 N–H and O–H groups in total. The van der Waals surface area contributed by atoms with Crippen LogP contribution in [0.3, 0.4) is 0 Å². The molecule has 34 heavy (non-hydrogen) atoms. The molecule has 7 heteroatoms. The van der Waals surface area contributed by atoms with Gasteiger partial charge in [-0.1, -0.05) is 30.4 Å². The van der Waals surface area contributed by atoms with Crippen molar-refractivity contribution in [2.45, 2.75) is 24.4 Å². The Balaban J connectivity index is 1.67. The van der Waals surface area contributed by atoms with Crippen LogP contribution < -0.4 is 10.2 Å². The van der Waals surface area contributed by atoms with Crippen LogP contribution in [0.1, 0.15) is 28.4 Å². The van der Waals surface area contributed by atoms with E-state index in [1.807, 2.05) is 29.2 Å². The van der Waals surface area contributed by atoms with Gasteiger partial charge in [0, 0.05) is 34.9 Å². The van der Waals surface area contributed by atoms with Crippen LogP contribution in [-0.4, -0.2) is 34.5 Å². The molecule has 0 saturated carbocycles. The smallest absolute Gasteiger partial charge is 0.238 e. The molecule has 0 aliphatic carbocycles. The number of carbonyl (C=O) groups excluding carboxylic acids is 3. The number of halogens is 1. The van der Waals surface area contributed by atoms with Gasteiger partial charge >= 0.3 is 0 Å². The molecule has 3 aliphatic heterocycles. The number of anilines is 2. The predicted molar refractivity (Wildman–Crippen MR) is 125 cm³/mol. The highest BCUT2D eigenvalue weighted by molar-refractivity contribution is 6.16. The van der Waals surface area contributed by atoms with Crippen molar-refractivity contribution < 1.29 is 18.8 Å². The van der Waals surface area contributed by atoms with Crippen molar-refractivity contribution in [1.29, 1.82) is 0 Å². The second-order valence-electron chi connectivity index (χ2n) is 8.92. The quantitative estimate of drug-likeness (QED) is 0.611. The third kappa shape index (κ3) is 2.55. The van der Waals surface area contributed by atoms with E-state index >= 15 is 0 Å². The molecule has 1 fully saturated rings. The normalized spacial score (nSPS) is 26.1. The highest BCUT2D eigenvalue weighted by Gasteiger charge is 2.69. The summed E-state index contributed by atoms with van der Waals surface area (Å²) < 4.78 is 14.0. The number of pyridine rings is 1. The summed E-state index contributed by atoms with van der Waals surface area (Å²) in [4.78, 5) is 47.1. The van der Waals surface area contributed by atoms with Crippen LogP contribution in [0.4, 0.5) is 15.8 Å². The van der Waals surface area contributed by atoms with Gasteiger partial charge in [0.05, 0.1) is 18.0 Å². The lowest BCUT2D eigenvalue weighted by atomic mass is 9.64. The number of aromatic nitrogens is 1. The molecule has 2 aromatic carbocycles. The van der Waals surface area contributed by atoms with Gasteiger partial charge in [-0.25, -0.2) is 4.39 Å². The summed E-state index contributed by atoms with van der Waals surface area (Å²) in [5, 5.41) is 2.96. The van der Waals surface area contributed by atoms with Gasteiger partial charge in [0.25, 0.3) is 0 Å². The zero-order valence-corrected chi connectivity index (χ0v) is 18.2. The zero-order chi connectivity index (χ0) is 23.6. The molecule has 0 bridgehead atoms. The summed E-state index contributed by atoms with van der Waals surface area (Å²) in [6.07, 6.45) is 6.63. The van der Waals surface area contributed by atoms with E-state index in [9.17, 15) is 18.8 Å². The number of nitrogens with one attached hydrogen (secondary N) is 1. The molecule has 3 aliphatic rings. The molecule has 4 atom stereocenters. The molecule has 6 nitrogen and oxygen atoms in total. The van der Waals surface area contributed by atoms with Gasteiger partial charge < -0.3 is 10.2 Å². The number of fused-ring (bicyclic) bond motifs is 6. The number of rotatable bonds is 3. The first-order valence-electron chi connectivity index (χ1n) is 11.1. The third-order valence-corrected chi connectivity index (χ3v) is 7.26. The van der Waals surface area contributed by atoms with E-state index in [4.69, 9.17) is 0 Å². The standard InChI is InChI=1S/C27H20FN3O3/c1-15(32)24-23(25(33)16-10-12-29-13-11-16)27(19-4-2-3-5-20(19)30-26(27)34)22-9-6-17-14-18(28)7-8-21(17)31(22)24/h2-14,22-24H,1H3,(H,30,34)/t22-,23-,24-,27-/m1/s1. The van der Waals surface area contributed by atoms with Crippen LogP contribution in [0.2, 0.25) is 0 Å². The molecule has 1 saturated heterocycles. The summed E-state index contributed by atoms with van der Waals surface area (Å²) in [6, 6.07) is 13.3. The van der Waals surface area contributed by atoms with Crippen LogP contribution >= 0.6 is 0 Å². The van der Waals surface area contributed by atoms with Crippen molar-refractivity contribution in [3.05, 3.63) is 95.6 Å². The molecular weight excluding hydrogens is 433 g/mol. The van der Waals surface area contributed by atoms with Gasteiger partial charge in [0.1, 0.15) is 11.2 Å². The molecule has 1 amide bonds. The molecule has 0 unspecified atom stereocenters. The van der Waals surface area contributed by atoms with Gasteiger partial charge in [-0.3, -0.25) is 19.4 Å². The monoisotopic (exact) mass is 453 g/mol. The Morgan fingerprint density at radius 2 is 1.85 bits per heavy atom. The van der Waals surface area contributed by atoms with Gasteiger partial charge in [0.15, 0.2) is 11.6 Å². The first-order chi connectivity index (χ1) is 16.4. The minimum Gasteiger partial charge on any atom is -0.352 e. The maximum absolute atomic E-state index is 14.1. The lowest BCUT2D eigenvalue weighted by Gasteiger charge is -2.37. The van der Waals surface area contributed by atoms with Crippen molar-refractivity contribution in [2.24, 2.45) is 5.92 Å². The maximum Gasteiger partial charge on any atom is 0.238 e. The lowest BCUT2D eigenvalue weighted by molar-refractivity contribution is -0.122. The number of hydrogen-bond acceptors (Lipinski definition) is 5. The minimum atomic E-state index is -1.34. The van der Waals surface area contributed by atoms with Crippen molar-refractivity contribution in [1.82, 2.24) is 4.98 Å². The Kier molecular flexibility index (Phi) is 4.33. The van der Waals surface area contributed by atoms with Crippen molar-refractivity contribution in [3.8, 4) is 0 Å². The number of nitrogens with zero attached hydrogens (tertiary/aromatic N) is 2. The molecule has 3 aromatic rings. The average Bonchev–Trinajstić information content (AvgIpc) is 3.32. The van der Waals surface area contributed by atoms with E-state index in [0.29, 0.717) is 28.1 Å². The second-order valence-corrected chi connectivity index (χ2v) is 8.92. The third-order valence-electron chi connectivity index (χ3n) is 7.26.